The van der Waals surface area contributed by atoms with E-state index in [2.05, 4.69) is 26.6 Å². The maximum atomic E-state index is 12.1. The third-order valence-electron chi connectivity index (χ3n) is 4.50. The van der Waals surface area contributed by atoms with Crippen LogP contribution in [0, 0.1) is 5.92 Å². The Bertz CT molecular complexity index is 780. The van der Waals surface area contributed by atoms with Crippen LogP contribution in [-0.2, 0) is 11.3 Å². The summed E-state index contributed by atoms with van der Waals surface area (Å²) >= 11 is 3.30. The van der Waals surface area contributed by atoms with Crippen molar-refractivity contribution in [3.05, 3.63) is 57.4 Å². The van der Waals surface area contributed by atoms with Gasteiger partial charge in [-0.15, -0.1) is 0 Å². The number of halogens is 1. The zero-order valence-corrected chi connectivity index (χ0v) is 15.6. The fraction of sp³-hybridized carbons (Fsp3) is 0.368. The maximum Gasteiger partial charge on any atom is 0.251 e. The van der Waals surface area contributed by atoms with Crippen molar-refractivity contribution in [1.82, 2.24) is 4.57 Å². The Kier molecular flexibility index (Phi) is 5.91. The van der Waals surface area contributed by atoms with Crippen LogP contribution in [0.15, 0.2) is 51.9 Å². The van der Waals surface area contributed by atoms with Gasteiger partial charge in [0.05, 0.1) is 0 Å². The van der Waals surface area contributed by atoms with E-state index in [1.54, 1.807) is 12.3 Å². The summed E-state index contributed by atoms with van der Waals surface area (Å²) in [6.07, 6.45) is 6.93. The molecule has 6 heteroatoms. The Morgan fingerprint density at radius 3 is 2.48 bits per heavy atom. The van der Waals surface area contributed by atoms with Crippen LogP contribution in [0.25, 0.3) is 0 Å². The molecule has 0 saturated heterocycles. The van der Waals surface area contributed by atoms with Crippen molar-refractivity contribution in [3.8, 4) is 0 Å². The smallest absolute Gasteiger partial charge is 0.251 e. The molecule has 25 heavy (non-hydrogen) atoms. The van der Waals surface area contributed by atoms with E-state index in [0.29, 0.717) is 0 Å². The first kappa shape index (κ1) is 17.7. The Hall–Kier alpha value is -2.08. The molecule has 1 aliphatic carbocycles. The molecule has 132 valence electrons. The molecule has 0 radical (unpaired) electrons. The lowest BCUT2D eigenvalue weighted by atomic mass is 10.1. The van der Waals surface area contributed by atoms with Crippen LogP contribution in [-0.4, -0.2) is 17.0 Å². The lowest BCUT2D eigenvalue weighted by Crippen LogP contribution is -2.26. The number of nitrogens with zero attached hydrogens (tertiary/aromatic N) is 1. The van der Waals surface area contributed by atoms with Gasteiger partial charge in [0.2, 0.25) is 5.91 Å². The van der Waals surface area contributed by atoms with Crippen LogP contribution in [0.4, 0.5) is 11.4 Å². The van der Waals surface area contributed by atoms with E-state index in [1.807, 2.05) is 24.3 Å². The Morgan fingerprint density at radius 2 is 1.76 bits per heavy atom. The topological polar surface area (TPSA) is 63.1 Å². The summed E-state index contributed by atoms with van der Waals surface area (Å²) in [5, 5.41) is 6.28. The second kappa shape index (κ2) is 8.34. The maximum absolute atomic E-state index is 12.1. The number of pyridine rings is 1. The van der Waals surface area contributed by atoms with Crippen LogP contribution < -0.4 is 16.2 Å². The minimum atomic E-state index is -0.230. The highest BCUT2D eigenvalue weighted by Crippen LogP contribution is 2.25. The van der Waals surface area contributed by atoms with E-state index in [0.717, 1.165) is 28.3 Å². The molecule has 3 rings (SSSR count). The van der Waals surface area contributed by atoms with Gasteiger partial charge >= 0.3 is 0 Å². The monoisotopic (exact) mass is 403 g/mol. The van der Waals surface area contributed by atoms with Crippen LogP contribution in [0.5, 0.6) is 0 Å². The number of aromatic nitrogens is 1. The normalized spacial score (nSPS) is 14.4. The number of anilines is 2. The van der Waals surface area contributed by atoms with E-state index < -0.39 is 0 Å². The molecule has 2 aromatic rings. The lowest BCUT2D eigenvalue weighted by Gasteiger charge is -2.12. The zero-order valence-electron chi connectivity index (χ0n) is 14.0. The molecule has 0 spiro atoms. The van der Waals surface area contributed by atoms with Gasteiger partial charge in [-0.2, -0.15) is 0 Å². The molecule has 1 amide bonds. The number of nitrogens with one attached hydrogen (secondary N) is 2. The molecule has 1 fully saturated rings. The predicted octanol–water partition coefficient (Wildman–Crippen LogP) is 3.85. The summed E-state index contributed by atoms with van der Waals surface area (Å²) in [6, 6.07) is 10.8. The Morgan fingerprint density at radius 1 is 1.08 bits per heavy atom. The third-order valence-corrected chi connectivity index (χ3v) is 4.97. The van der Waals surface area contributed by atoms with Crippen LogP contribution >= 0.6 is 15.9 Å². The van der Waals surface area contributed by atoms with Gasteiger partial charge in [0.1, 0.15) is 6.54 Å². The van der Waals surface area contributed by atoms with Crippen LogP contribution in [0.3, 0.4) is 0 Å². The van der Waals surface area contributed by atoms with Gasteiger partial charge in [0, 0.05) is 34.7 Å². The number of rotatable bonds is 6. The van der Waals surface area contributed by atoms with Crippen molar-refractivity contribution in [1.29, 1.82) is 0 Å². The molecule has 5 nitrogen and oxygen atoms in total. The van der Waals surface area contributed by atoms with E-state index in [9.17, 15) is 9.59 Å². The standard InChI is InChI=1S/C19H22BrN3O2/c20-15-5-10-19(25)23(12-15)13-18(24)22-17-8-6-16(7-9-17)21-11-14-3-1-2-4-14/h5-10,12,14,21H,1-4,11,13H2,(H,22,24). The van der Waals surface area contributed by atoms with Crippen molar-refractivity contribution in [2.45, 2.75) is 32.2 Å². The quantitative estimate of drug-likeness (QED) is 0.769. The molecule has 2 N–H and O–H groups in total. The summed E-state index contributed by atoms with van der Waals surface area (Å²) in [5.41, 5.74) is 1.58. The first-order valence-electron chi connectivity index (χ1n) is 8.60. The summed E-state index contributed by atoms with van der Waals surface area (Å²) in [7, 11) is 0. The van der Waals surface area contributed by atoms with Gasteiger partial charge in [-0.05, 0) is 65.0 Å². The fourth-order valence-electron chi connectivity index (χ4n) is 3.13. The summed E-state index contributed by atoms with van der Waals surface area (Å²) in [4.78, 5) is 23.9. The molecule has 0 unspecified atom stereocenters. The number of hydrogen-bond donors (Lipinski definition) is 2. The molecule has 0 aliphatic heterocycles. The van der Waals surface area contributed by atoms with Crippen LogP contribution in [0.1, 0.15) is 25.7 Å². The predicted molar refractivity (Wildman–Crippen MR) is 104 cm³/mol. The van der Waals surface area contributed by atoms with E-state index in [-0.39, 0.29) is 18.0 Å². The largest absolute Gasteiger partial charge is 0.385 e. The van der Waals surface area contributed by atoms with Crippen LogP contribution in [0.2, 0.25) is 0 Å². The average molecular weight is 404 g/mol. The first-order valence-corrected chi connectivity index (χ1v) is 9.39. The molecule has 1 saturated carbocycles. The molecule has 0 bridgehead atoms. The first-order chi connectivity index (χ1) is 12.1. The third kappa shape index (κ3) is 5.19. The van der Waals surface area contributed by atoms with Gasteiger partial charge in [-0.25, -0.2) is 0 Å². The minimum absolute atomic E-state index is 0.0139. The Balaban J connectivity index is 1.52. The Labute approximate surface area is 155 Å². The van der Waals surface area contributed by atoms with Crippen molar-refractivity contribution in [2.75, 3.05) is 17.2 Å². The van der Waals surface area contributed by atoms with Gasteiger partial charge < -0.3 is 15.2 Å². The molecule has 1 aromatic carbocycles. The molecule has 1 aliphatic rings. The second-order valence-electron chi connectivity index (χ2n) is 6.47. The molecular formula is C19H22BrN3O2. The highest BCUT2D eigenvalue weighted by molar-refractivity contribution is 9.10. The summed E-state index contributed by atoms with van der Waals surface area (Å²) < 4.78 is 2.13. The zero-order chi connectivity index (χ0) is 17.6. The van der Waals surface area contributed by atoms with Gasteiger partial charge in [0.25, 0.3) is 5.56 Å². The fourth-order valence-corrected chi connectivity index (χ4v) is 3.51. The number of benzene rings is 1. The average Bonchev–Trinajstić information content (AvgIpc) is 3.11. The summed E-state index contributed by atoms with van der Waals surface area (Å²) in [5.74, 6) is 0.551. The second-order valence-corrected chi connectivity index (χ2v) is 7.39. The van der Waals surface area contributed by atoms with Gasteiger partial charge in [-0.1, -0.05) is 12.8 Å². The number of carbonyl (C=O) groups excluding carboxylic acids is 1. The summed E-state index contributed by atoms with van der Waals surface area (Å²) in [6.45, 7) is 0.997. The highest BCUT2D eigenvalue weighted by Gasteiger charge is 2.14. The van der Waals surface area contributed by atoms with Crippen molar-refractivity contribution < 1.29 is 4.79 Å². The molecule has 1 heterocycles. The van der Waals surface area contributed by atoms with Crippen molar-refractivity contribution in [2.24, 2.45) is 5.92 Å². The molecule has 0 atom stereocenters. The van der Waals surface area contributed by atoms with E-state index in [4.69, 9.17) is 0 Å². The number of amides is 1. The van der Waals surface area contributed by atoms with Crippen molar-refractivity contribution in [3.63, 3.8) is 0 Å². The number of hydrogen-bond acceptors (Lipinski definition) is 3. The van der Waals surface area contributed by atoms with Gasteiger partial charge in [-0.3, -0.25) is 9.59 Å². The van der Waals surface area contributed by atoms with E-state index >= 15 is 0 Å². The van der Waals surface area contributed by atoms with Crippen molar-refractivity contribution >= 4 is 33.2 Å². The SMILES string of the molecule is O=C(Cn1cc(Br)ccc1=O)Nc1ccc(NCC2CCCC2)cc1. The lowest BCUT2D eigenvalue weighted by molar-refractivity contribution is -0.116. The van der Waals surface area contributed by atoms with E-state index in [1.165, 1.54) is 36.3 Å². The number of carbonyl (C=O) groups is 1. The molecule has 1 aromatic heterocycles. The highest BCUT2D eigenvalue weighted by atomic mass is 79.9. The minimum Gasteiger partial charge on any atom is -0.385 e. The van der Waals surface area contributed by atoms with Gasteiger partial charge in [0.15, 0.2) is 0 Å². The molecular weight excluding hydrogens is 382 g/mol.